The molecule has 384 valence electrons. The summed E-state index contributed by atoms with van der Waals surface area (Å²) in [4.78, 5) is 25.9. The number of anilines is 10. The largest absolute Gasteiger partial charge is 1.00 e. The third kappa shape index (κ3) is 16.2. The number of benzene rings is 4. The van der Waals surface area contributed by atoms with Gasteiger partial charge in [0.25, 0.3) is 30.4 Å². The molecule has 0 bridgehead atoms. The molecule has 2 heterocycles. The predicted molar refractivity (Wildman–Crippen MR) is 258 cm³/mol. The standard InChI is InChI=1S/C40H44N12O16S4.Na/c53-17-13-51(14-18-54)39-47-35(41-27-3-1-5-31(21-27)69(57,58)59)45-37(49-39)43-29-11-9-25(33(23-29)71(63,64)65)7-8-26-10-12-30(24-34(26)72(66,67)68)44-38-46-36(48-40(50-38)52(15-19-55)16-20-56)42-28-4-2-6-32(22-28)70(60,61)62;/h1-12,21-24,53-56H,13-20H2,(H,57,58,59)(H,60,61,62)(H,63,64,65)(H,66,67,68)(H2,41,43,45,47,49)(H2,42,44,46,48,50);/q;+1/p-1/b8-7+;. The molecule has 0 spiro atoms. The average Bonchev–Trinajstić information content (AvgIpc) is 3.30. The quantitative estimate of drug-likeness (QED) is 0.0185. The van der Waals surface area contributed by atoms with Gasteiger partial charge in [0.1, 0.15) is 15.0 Å². The molecule has 33 heteroatoms. The molecule has 6 rings (SSSR count). The summed E-state index contributed by atoms with van der Waals surface area (Å²) in [5.41, 5.74) is -0.389. The van der Waals surface area contributed by atoms with Crippen molar-refractivity contribution in [1.29, 1.82) is 0 Å². The van der Waals surface area contributed by atoms with Crippen molar-refractivity contribution in [2.75, 3.05) is 83.7 Å². The zero-order valence-electron chi connectivity index (χ0n) is 37.9. The van der Waals surface area contributed by atoms with Crippen molar-refractivity contribution >= 4 is 111 Å². The molecule has 28 nitrogen and oxygen atoms in total. The van der Waals surface area contributed by atoms with Gasteiger partial charge in [-0.25, -0.2) is 8.42 Å². The molecule has 0 aliphatic carbocycles. The number of aliphatic hydroxyl groups is 4. The number of hydrogen-bond donors (Lipinski definition) is 11. The van der Waals surface area contributed by atoms with Crippen LogP contribution in [0.25, 0.3) is 12.2 Å². The zero-order chi connectivity index (χ0) is 52.4. The van der Waals surface area contributed by atoms with E-state index in [2.05, 4.69) is 51.2 Å². The van der Waals surface area contributed by atoms with Gasteiger partial charge in [-0.05, 0) is 71.8 Å². The molecule has 6 aromatic rings. The fourth-order valence-corrected chi connectivity index (χ4v) is 8.91. The topological polar surface area (TPSA) is 433 Å². The SMILES string of the molecule is O=S(=O)([O-])c1cc(Nc2nc(Nc3cccc(S(=O)(=O)O)c3)nc(N(CCO)CCO)n2)ccc1/C=C/c1ccc(Nc2nc(Nc3cccc(S(=O)(=O)O)c3)nc(N(CCO)CCO)n2)cc1S(=O)(=O)O.[Na+]. The summed E-state index contributed by atoms with van der Waals surface area (Å²) < 4.78 is 140. The first kappa shape index (κ1) is 57.8. The number of hydrogen-bond acceptors (Lipinski definition) is 25. The van der Waals surface area contributed by atoms with Gasteiger partial charge in [0, 0.05) is 48.9 Å². The van der Waals surface area contributed by atoms with Gasteiger partial charge in [0.15, 0.2) is 0 Å². The maximum atomic E-state index is 12.8. The van der Waals surface area contributed by atoms with Crippen molar-refractivity contribution in [3.63, 3.8) is 0 Å². The average molecular weight is 1100 g/mol. The number of nitrogens with one attached hydrogen (secondary N) is 4. The van der Waals surface area contributed by atoms with E-state index in [0.29, 0.717) is 0 Å². The number of aliphatic hydroxyl groups excluding tert-OH is 4. The molecule has 4 aromatic carbocycles. The van der Waals surface area contributed by atoms with Crippen LogP contribution >= 0.6 is 0 Å². The van der Waals surface area contributed by atoms with E-state index in [9.17, 15) is 72.3 Å². The monoisotopic (exact) mass is 1100 g/mol. The number of aromatic nitrogens is 6. The maximum absolute atomic E-state index is 12.8. The molecule has 0 saturated carbocycles. The summed E-state index contributed by atoms with van der Waals surface area (Å²) in [6.45, 7) is -1.88. The van der Waals surface area contributed by atoms with E-state index in [1.54, 1.807) is 0 Å². The van der Waals surface area contributed by atoms with Crippen LogP contribution in [0.4, 0.5) is 58.4 Å². The third-order valence-electron chi connectivity index (χ3n) is 9.60. The van der Waals surface area contributed by atoms with E-state index in [-0.39, 0.29) is 125 Å². The van der Waals surface area contributed by atoms with Gasteiger partial charge in [0.05, 0.1) is 41.1 Å². The van der Waals surface area contributed by atoms with E-state index >= 15 is 0 Å². The van der Waals surface area contributed by atoms with Crippen molar-refractivity contribution < 1.29 is 102 Å². The number of nitrogens with zero attached hydrogens (tertiary/aromatic N) is 8. The second kappa shape index (κ2) is 24.8. The Bertz CT molecular complexity index is 3200. The molecule has 2 aromatic heterocycles. The van der Waals surface area contributed by atoms with Gasteiger partial charge in [-0.1, -0.05) is 36.4 Å². The van der Waals surface area contributed by atoms with Gasteiger partial charge in [-0.15, -0.1) is 0 Å². The first-order valence-electron chi connectivity index (χ1n) is 20.6. The summed E-state index contributed by atoms with van der Waals surface area (Å²) in [5.74, 6) is -1.24. The van der Waals surface area contributed by atoms with Crippen molar-refractivity contribution in [3.8, 4) is 0 Å². The Labute approximate surface area is 439 Å². The van der Waals surface area contributed by atoms with Gasteiger partial charge >= 0.3 is 29.6 Å². The fraction of sp³-hybridized carbons (Fsp3) is 0.200. The zero-order valence-corrected chi connectivity index (χ0v) is 43.2. The Kier molecular flexibility index (Phi) is 19.6. The Morgan fingerprint density at radius 2 is 0.781 bits per heavy atom. The van der Waals surface area contributed by atoms with E-state index in [0.717, 1.165) is 48.6 Å². The van der Waals surface area contributed by atoms with Gasteiger partial charge in [0.2, 0.25) is 35.7 Å². The molecule has 0 unspecified atom stereocenters. The summed E-state index contributed by atoms with van der Waals surface area (Å²) in [6, 6.07) is 16.8. The smallest absolute Gasteiger partial charge is 0.744 e. The van der Waals surface area contributed by atoms with E-state index < -0.39 is 86.5 Å². The van der Waals surface area contributed by atoms with Crippen LogP contribution in [0.2, 0.25) is 0 Å². The van der Waals surface area contributed by atoms with Crippen LogP contribution in [0.1, 0.15) is 11.1 Å². The molecule has 0 fully saturated rings. The van der Waals surface area contributed by atoms with Crippen molar-refractivity contribution in [2.45, 2.75) is 19.6 Å². The molecule has 0 aliphatic heterocycles. The number of rotatable bonds is 24. The molecular formula is C40H43N12NaO16S4. The fourth-order valence-electron chi connectivity index (χ4n) is 6.45. The van der Waals surface area contributed by atoms with Gasteiger partial charge in [-0.3, -0.25) is 13.7 Å². The normalized spacial score (nSPS) is 12.0. The second-order valence-corrected chi connectivity index (χ2v) is 20.3. The summed E-state index contributed by atoms with van der Waals surface area (Å²) in [7, 11) is -19.6. The molecule has 0 aliphatic rings. The van der Waals surface area contributed by atoms with Crippen LogP contribution in [-0.4, -0.2) is 155 Å². The van der Waals surface area contributed by atoms with Crippen molar-refractivity contribution in [1.82, 2.24) is 29.9 Å². The minimum atomic E-state index is -5.29. The van der Waals surface area contributed by atoms with Crippen LogP contribution < -0.4 is 60.6 Å². The van der Waals surface area contributed by atoms with Crippen LogP contribution in [0.15, 0.2) is 105 Å². The molecular weight excluding hydrogens is 1060 g/mol. The first-order valence-corrected chi connectivity index (χ1v) is 26.3. The van der Waals surface area contributed by atoms with Crippen molar-refractivity contribution in [2.24, 2.45) is 0 Å². The summed E-state index contributed by atoms with van der Waals surface area (Å²) in [5, 5.41) is 49.6. The summed E-state index contributed by atoms with van der Waals surface area (Å²) in [6.07, 6.45) is 2.18. The van der Waals surface area contributed by atoms with Crippen LogP contribution in [0.3, 0.4) is 0 Å². The molecule has 0 radical (unpaired) electrons. The van der Waals surface area contributed by atoms with E-state index in [1.165, 1.54) is 58.3 Å². The Morgan fingerprint density at radius 3 is 1.10 bits per heavy atom. The predicted octanol–water partition coefficient (Wildman–Crippen LogP) is -1.57. The second-order valence-electron chi connectivity index (χ2n) is 14.7. The Morgan fingerprint density at radius 1 is 0.452 bits per heavy atom. The summed E-state index contributed by atoms with van der Waals surface area (Å²) >= 11 is 0. The van der Waals surface area contributed by atoms with Crippen LogP contribution in [0, 0.1) is 0 Å². The molecule has 73 heavy (non-hydrogen) atoms. The first-order chi connectivity index (χ1) is 34.0. The maximum Gasteiger partial charge on any atom is 1.00 e. The third-order valence-corrected chi connectivity index (χ3v) is 13.1. The Balaban J connectivity index is 0.00000988. The van der Waals surface area contributed by atoms with Crippen LogP contribution in [-0.2, 0) is 40.5 Å². The minimum absolute atomic E-state index is 0. The minimum Gasteiger partial charge on any atom is -0.744 e. The molecule has 0 atom stereocenters. The molecule has 0 saturated heterocycles. The van der Waals surface area contributed by atoms with Gasteiger partial charge < -0.3 is 56.0 Å². The van der Waals surface area contributed by atoms with Crippen molar-refractivity contribution in [3.05, 3.63) is 96.1 Å². The van der Waals surface area contributed by atoms with E-state index in [1.807, 2.05) is 0 Å². The Hall–Kier alpha value is -6.08. The molecule has 11 N–H and O–H groups in total. The molecule has 0 amide bonds. The van der Waals surface area contributed by atoms with E-state index in [4.69, 9.17) is 0 Å². The van der Waals surface area contributed by atoms with Crippen LogP contribution in [0.5, 0.6) is 0 Å². The van der Waals surface area contributed by atoms with Gasteiger partial charge in [-0.2, -0.15) is 55.2 Å².